The maximum absolute atomic E-state index is 4.71. The summed E-state index contributed by atoms with van der Waals surface area (Å²) >= 11 is 0. The molecular formula is C15H17Cl2CoN5. The van der Waals surface area contributed by atoms with Crippen LogP contribution in [0.15, 0.2) is 43.0 Å². The number of hydrogen-bond acceptors (Lipinski definition) is 3. The van der Waals surface area contributed by atoms with Crippen LogP contribution in [-0.4, -0.2) is 24.1 Å². The molecule has 125 valence electrons. The first kappa shape index (κ1) is 21.7. The van der Waals surface area contributed by atoms with Crippen LogP contribution < -0.4 is 24.8 Å². The second-order valence-electron chi connectivity index (χ2n) is 4.48. The van der Waals surface area contributed by atoms with E-state index in [1.165, 1.54) is 0 Å². The van der Waals surface area contributed by atoms with Gasteiger partial charge in [0, 0.05) is 37.9 Å². The number of aromatic nitrogens is 5. The molecule has 0 aromatic carbocycles. The molecule has 0 unspecified atom stereocenters. The van der Waals surface area contributed by atoms with E-state index in [1.54, 1.807) is 12.4 Å². The van der Waals surface area contributed by atoms with E-state index in [-0.39, 0.29) is 41.6 Å². The van der Waals surface area contributed by atoms with Gasteiger partial charge in [-0.3, -0.25) is 0 Å². The summed E-state index contributed by atoms with van der Waals surface area (Å²) in [5.41, 5.74) is 1.75. The standard InChI is InChI=1S/C15H17N5.2ClH.Co/c1-3-19-10-8-16-14(19)12-6-5-7-13(18-12)15-17-9-11-20(15)4-2;;;/h5-11H,3-4H2,1-2H3;2*1H;/q;;;+2/p-2. The maximum atomic E-state index is 4.71. The third-order valence-corrected chi connectivity index (χ3v) is 3.32. The number of imidazole rings is 2. The molecule has 0 aliphatic carbocycles. The molecule has 0 saturated heterocycles. The summed E-state index contributed by atoms with van der Waals surface area (Å²) in [7, 11) is 0. The number of aryl methyl sites for hydroxylation is 2. The van der Waals surface area contributed by atoms with E-state index >= 15 is 0 Å². The van der Waals surface area contributed by atoms with Gasteiger partial charge in [-0.15, -0.1) is 0 Å². The summed E-state index contributed by atoms with van der Waals surface area (Å²) in [6.45, 7) is 5.95. The van der Waals surface area contributed by atoms with Crippen molar-refractivity contribution in [3.8, 4) is 23.0 Å². The minimum Gasteiger partial charge on any atom is -1.00 e. The Kier molecular flexibility index (Phi) is 9.15. The van der Waals surface area contributed by atoms with Gasteiger partial charge in [0.05, 0.1) is 0 Å². The SMILES string of the molecule is CCn1ccnc1-c1cccc(-c2nccn2CC)n1.[Cl-].[Cl-].[Co+2]. The monoisotopic (exact) mass is 396 g/mol. The molecule has 0 bridgehead atoms. The molecule has 1 radical (unpaired) electrons. The molecule has 0 atom stereocenters. The van der Waals surface area contributed by atoms with Crippen molar-refractivity contribution < 1.29 is 41.6 Å². The van der Waals surface area contributed by atoms with Crippen molar-refractivity contribution in [3.63, 3.8) is 0 Å². The van der Waals surface area contributed by atoms with Crippen molar-refractivity contribution in [2.75, 3.05) is 0 Å². The number of nitrogens with zero attached hydrogens (tertiary/aromatic N) is 5. The second kappa shape index (κ2) is 9.72. The van der Waals surface area contributed by atoms with Gasteiger partial charge in [-0.2, -0.15) is 0 Å². The summed E-state index contributed by atoms with van der Waals surface area (Å²) in [6.07, 6.45) is 7.55. The maximum Gasteiger partial charge on any atom is 2.00 e. The quantitative estimate of drug-likeness (QED) is 0.468. The van der Waals surface area contributed by atoms with Crippen LogP contribution in [-0.2, 0) is 29.9 Å². The van der Waals surface area contributed by atoms with E-state index in [4.69, 9.17) is 4.98 Å². The molecular weight excluding hydrogens is 380 g/mol. The Labute approximate surface area is 158 Å². The predicted molar refractivity (Wildman–Crippen MR) is 78.0 cm³/mol. The number of pyridine rings is 1. The fraction of sp³-hybridized carbons (Fsp3) is 0.267. The van der Waals surface area contributed by atoms with Crippen LogP contribution in [0.2, 0.25) is 0 Å². The first-order chi connectivity index (χ1) is 9.83. The molecule has 0 N–H and O–H groups in total. The zero-order valence-electron chi connectivity index (χ0n) is 12.8. The van der Waals surface area contributed by atoms with Crippen molar-refractivity contribution >= 4 is 0 Å². The largest absolute Gasteiger partial charge is 2.00 e. The van der Waals surface area contributed by atoms with Crippen molar-refractivity contribution in [1.82, 2.24) is 24.1 Å². The topological polar surface area (TPSA) is 48.5 Å². The number of halogens is 2. The Morgan fingerprint density at radius 1 is 0.826 bits per heavy atom. The summed E-state index contributed by atoms with van der Waals surface area (Å²) in [4.78, 5) is 13.5. The van der Waals surface area contributed by atoms with Gasteiger partial charge in [0.15, 0.2) is 11.6 Å². The summed E-state index contributed by atoms with van der Waals surface area (Å²) in [5, 5.41) is 0. The average Bonchev–Trinajstić information content (AvgIpc) is 3.15. The van der Waals surface area contributed by atoms with E-state index < -0.39 is 0 Å². The Bertz CT molecular complexity index is 668. The van der Waals surface area contributed by atoms with E-state index in [0.717, 1.165) is 36.1 Å². The molecule has 3 aromatic heterocycles. The minimum atomic E-state index is 0. The zero-order chi connectivity index (χ0) is 13.9. The van der Waals surface area contributed by atoms with Gasteiger partial charge in [-0.05, 0) is 26.0 Å². The van der Waals surface area contributed by atoms with E-state index in [9.17, 15) is 0 Å². The first-order valence-corrected chi connectivity index (χ1v) is 6.83. The molecule has 0 fully saturated rings. The Balaban J connectivity index is 0.00000161. The van der Waals surface area contributed by atoms with Crippen LogP contribution in [0.3, 0.4) is 0 Å². The van der Waals surface area contributed by atoms with Gasteiger partial charge in [0.2, 0.25) is 0 Å². The van der Waals surface area contributed by atoms with Gasteiger partial charge < -0.3 is 33.9 Å². The Morgan fingerprint density at radius 3 is 1.65 bits per heavy atom. The third kappa shape index (κ3) is 4.35. The van der Waals surface area contributed by atoms with Crippen molar-refractivity contribution in [2.45, 2.75) is 26.9 Å². The molecule has 0 spiro atoms. The van der Waals surface area contributed by atoms with Crippen LogP contribution in [0.1, 0.15) is 13.8 Å². The summed E-state index contributed by atoms with van der Waals surface area (Å²) in [5.74, 6) is 1.79. The summed E-state index contributed by atoms with van der Waals surface area (Å²) in [6, 6.07) is 5.97. The van der Waals surface area contributed by atoms with Crippen LogP contribution >= 0.6 is 0 Å². The van der Waals surface area contributed by atoms with E-state index in [0.29, 0.717) is 0 Å². The molecule has 3 rings (SSSR count). The molecule has 8 heteroatoms. The van der Waals surface area contributed by atoms with Gasteiger partial charge in [0.25, 0.3) is 0 Å². The van der Waals surface area contributed by atoms with Gasteiger partial charge in [-0.1, -0.05) is 6.07 Å². The molecule has 3 aromatic rings. The van der Waals surface area contributed by atoms with Gasteiger partial charge in [-0.25, -0.2) is 15.0 Å². The predicted octanol–water partition coefficient (Wildman–Crippen LogP) is -3.15. The van der Waals surface area contributed by atoms with Crippen molar-refractivity contribution in [3.05, 3.63) is 43.0 Å². The minimum absolute atomic E-state index is 0. The van der Waals surface area contributed by atoms with Crippen LogP contribution in [0.5, 0.6) is 0 Å². The van der Waals surface area contributed by atoms with Crippen LogP contribution in [0.4, 0.5) is 0 Å². The molecule has 0 amide bonds. The molecule has 0 aliphatic rings. The van der Waals surface area contributed by atoms with Gasteiger partial charge in [0.1, 0.15) is 11.4 Å². The first-order valence-electron chi connectivity index (χ1n) is 6.83. The molecule has 23 heavy (non-hydrogen) atoms. The molecule has 3 heterocycles. The summed E-state index contributed by atoms with van der Waals surface area (Å²) < 4.78 is 4.16. The van der Waals surface area contributed by atoms with Crippen LogP contribution in [0.25, 0.3) is 23.0 Å². The Hall–Kier alpha value is -1.34. The zero-order valence-corrected chi connectivity index (χ0v) is 15.3. The fourth-order valence-corrected chi connectivity index (χ4v) is 2.28. The number of rotatable bonds is 4. The molecule has 0 saturated carbocycles. The smallest absolute Gasteiger partial charge is 1.00 e. The van der Waals surface area contributed by atoms with E-state index in [2.05, 4.69) is 32.9 Å². The van der Waals surface area contributed by atoms with Crippen molar-refractivity contribution in [1.29, 1.82) is 0 Å². The van der Waals surface area contributed by atoms with Gasteiger partial charge >= 0.3 is 16.8 Å². The molecule has 0 aliphatic heterocycles. The third-order valence-electron chi connectivity index (χ3n) is 3.32. The van der Waals surface area contributed by atoms with E-state index in [1.807, 2.05) is 30.6 Å². The molecule has 5 nitrogen and oxygen atoms in total. The average molecular weight is 397 g/mol. The second-order valence-corrected chi connectivity index (χ2v) is 4.48. The normalized spacial score (nSPS) is 9.48. The van der Waals surface area contributed by atoms with Crippen LogP contribution in [0, 0.1) is 0 Å². The Morgan fingerprint density at radius 2 is 1.26 bits per heavy atom. The fourth-order valence-electron chi connectivity index (χ4n) is 2.28. The van der Waals surface area contributed by atoms with Crippen molar-refractivity contribution in [2.24, 2.45) is 0 Å². The number of hydrogen-bond donors (Lipinski definition) is 0.